The highest BCUT2D eigenvalue weighted by Gasteiger charge is 2.63. The summed E-state index contributed by atoms with van der Waals surface area (Å²) in [6.45, 7) is 2.38. The first-order chi connectivity index (χ1) is 12.1. The van der Waals surface area contributed by atoms with E-state index in [0.29, 0.717) is 36.0 Å². The van der Waals surface area contributed by atoms with Gasteiger partial charge in [-0.05, 0) is 19.1 Å². The molecule has 1 N–H and O–H groups in total. The molecular formula is C17H24N4O3S. The lowest BCUT2D eigenvalue weighted by molar-refractivity contribution is -0.118. The van der Waals surface area contributed by atoms with Gasteiger partial charge in [-0.25, -0.2) is 4.98 Å². The van der Waals surface area contributed by atoms with E-state index in [1.165, 1.54) is 0 Å². The largest absolute Gasteiger partial charge is 0.481 e. The van der Waals surface area contributed by atoms with Crippen LogP contribution in [0.25, 0.3) is 0 Å². The molecule has 3 aliphatic heterocycles. The van der Waals surface area contributed by atoms with Crippen LogP contribution in [0.15, 0.2) is 12.3 Å². The van der Waals surface area contributed by atoms with Gasteiger partial charge in [0.2, 0.25) is 17.7 Å². The molecule has 25 heavy (non-hydrogen) atoms. The topological polar surface area (TPSA) is 76.6 Å². The maximum atomic E-state index is 11.8. The van der Waals surface area contributed by atoms with Crippen molar-refractivity contribution in [1.29, 1.82) is 0 Å². The minimum Gasteiger partial charge on any atom is -0.481 e. The van der Waals surface area contributed by atoms with Crippen molar-refractivity contribution in [3.63, 3.8) is 0 Å². The van der Waals surface area contributed by atoms with Crippen molar-refractivity contribution in [2.75, 3.05) is 43.7 Å². The van der Waals surface area contributed by atoms with Crippen molar-refractivity contribution in [3.05, 3.63) is 12.3 Å². The number of rotatable bonds is 6. The second-order valence-electron chi connectivity index (χ2n) is 7.05. The summed E-state index contributed by atoms with van der Waals surface area (Å²) in [4.78, 5) is 22.9. The smallest absolute Gasteiger partial charge is 0.229 e. The van der Waals surface area contributed by atoms with Crippen LogP contribution in [0.3, 0.4) is 0 Å². The number of carbonyl (C=O) groups excluding carboxylic acids is 1. The SMILES string of the molecule is COc1ccnc(N2C[C@@H]3[C@H](CNC(=O)CSC)[C@H]4CC[C@]3(C2)O4)n1. The second-order valence-corrected chi connectivity index (χ2v) is 7.91. The number of hydrogen-bond acceptors (Lipinski definition) is 7. The van der Waals surface area contributed by atoms with E-state index in [1.807, 2.05) is 6.26 Å². The molecule has 1 aromatic heterocycles. The normalized spacial score (nSPS) is 32.7. The zero-order valence-electron chi connectivity index (χ0n) is 14.6. The minimum atomic E-state index is -0.105. The van der Waals surface area contributed by atoms with Gasteiger partial charge in [-0.15, -0.1) is 0 Å². The van der Waals surface area contributed by atoms with Crippen LogP contribution in [0.5, 0.6) is 5.88 Å². The average molecular weight is 364 g/mol. The van der Waals surface area contributed by atoms with Gasteiger partial charge in [0.05, 0.1) is 31.1 Å². The third-order valence-electron chi connectivity index (χ3n) is 5.70. The summed E-state index contributed by atoms with van der Waals surface area (Å²) in [6, 6.07) is 1.75. The second kappa shape index (κ2) is 6.64. The molecule has 3 aliphatic rings. The van der Waals surface area contributed by atoms with Crippen molar-refractivity contribution in [1.82, 2.24) is 15.3 Å². The fourth-order valence-corrected chi connectivity index (χ4v) is 4.99. The van der Waals surface area contributed by atoms with Gasteiger partial charge < -0.3 is 19.7 Å². The monoisotopic (exact) mass is 364 g/mol. The standard InChI is InChI=1S/C17H24N4O3S/c1-23-15-4-6-18-16(20-15)21-8-12-11(7-19-14(22)9-25-2)13-3-5-17(12,10-21)24-13/h4,6,11-13H,3,5,7-10H2,1-2H3,(H,19,22)/t11-,12+,13+,17+/m0/s1. The number of amides is 1. The van der Waals surface area contributed by atoms with E-state index in [9.17, 15) is 4.79 Å². The van der Waals surface area contributed by atoms with Gasteiger partial charge in [0.15, 0.2) is 0 Å². The van der Waals surface area contributed by atoms with Gasteiger partial charge in [-0.1, -0.05) is 0 Å². The molecule has 1 aromatic rings. The fraction of sp³-hybridized carbons (Fsp3) is 0.706. The van der Waals surface area contributed by atoms with Crippen LogP contribution in [0.2, 0.25) is 0 Å². The first kappa shape index (κ1) is 16.9. The fourth-order valence-electron chi connectivity index (χ4n) is 4.63. The number of nitrogens with one attached hydrogen (secondary N) is 1. The lowest BCUT2D eigenvalue weighted by Crippen LogP contribution is -2.42. The Kier molecular flexibility index (Phi) is 4.49. The molecule has 4 atom stereocenters. The van der Waals surface area contributed by atoms with E-state index in [1.54, 1.807) is 31.1 Å². The Morgan fingerprint density at radius 3 is 3.28 bits per heavy atom. The molecule has 0 aromatic carbocycles. The molecule has 4 heterocycles. The first-order valence-corrected chi connectivity index (χ1v) is 10.1. The number of methoxy groups -OCH3 is 1. The molecule has 0 saturated carbocycles. The molecule has 1 amide bonds. The number of fused-ring (bicyclic) bond motifs is 1. The Balaban J connectivity index is 1.47. The maximum Gasteiger partial charge on any atom is 0.229 e. The highest BCUT2D eigenvalue weighted by Crippen LogP contribution is 2.54. The summed E-state index contributed by atoms with van der Waals surface area (Å²) in [5.41, 5.74) is -0.105. The minimum absolute atomic E-state index is 0.105. The molecule has 8 heteroatoms. The number of anilines is 1. The summed E-state index contributed by atoms with van der Waals surface area (Å²) in [7, 11) is 1.61. The number of nitrogens with zero attached hydrogens (tertiary/aromatic N) is 3. The van der Waals surface area contributed by atoms with Gasteiger partial charge in [-0.2, -0.15) is 16.7 Å². The number of ether oxygens (including phenoxy) is 2. The van der Waals surface area contributed by atoms with E-state index in [4.69, 9.17) is 9.47 Å². The van der Waals surface area contributed by atoms with Crippen LogP contribution < -0.4 is 15.0 Å². The van der Waals surface area contributed by atoms with Gasteiger partial charge in [-0.3, -0.25) is 4.79 Å². The third-order valence-corrected chi connectivity index (χ3v) is 6.25. The Hall–Kier alpha value is -1.54. The van der Waals surface area contributed by atoms with E-state index in [0.717, 1.165) is 25.9 Å². The van der Waals surface area contributed by atoms with E-state index >= 15 is 0 Å². The molecule has 4 rings (SSSR count). The third kappa shape index (κ3) is 2.95. The Morgan fingerprint density at radius 2 is 2.48 bits per heavy atom. The van der Waals surface area contributed by atoms with Crippen molar-refractivity contribution in [2.45, 2.75) is 24.5 Å². The molecule has 7 nitrogen and oxygen atoms in total. The van der Waals surface area contributed by atoms with Crippen LogP contribution >= 0.6 is 11.8 Å². The Labute approximate surface area is 151 Å². The van der Waals surface area contributed by atoms with E-state index in [-0.39, 0.29) is 17.6 Å². The average Bonchev–Trinajstić information content (AvgIpc) is 3.28. The van der Waals surface area contributed by atoms with Gasteiger partial charge >= 0.3 is 0 Å². The zero-order chi connectivity index (χ0) is 17.4. The molecule has 136 valence electrons. The molecule has 3 fully saturated rings. The molecule has 1 spiro atoms. The number of hydrogen-bond donors (Lipinski definition) is 1. The quantitative estimate of drug-likeness (QED) is 0.805. The molecule has 0 aliphatic carbocycles. The van der Waals surface area contributed by atoms with Crippen molar-refractivity contribution in [2.24, 2.45) is 11.8 Å². The maximum absolute atomic E-state index is 11.8. The zero-order valence-corrected chi connectivity index (χ0v) is 15.4. The summed E-state index contributed by atoms with van der Waals surface area (Å²) in [5.74, 6) is 2.67. The Bertz CT molecular complexity index is 661. The first-order valence-electron chi connectivity index (χ1n) is 8.70. The van der Waals surface area contributed by atoms with E-state index in [2.05, 4.69) is 20.2 Å². The lowest BCUT2D eigenvalue weighted by Gasteiger charge is -2.29. The predicted molar refractivity (Wildman–Crippen MR) is 96.0 cm³/mol. The number of thioether (sulfide) groups is 1. The number of aromatic nitrogens is 2. The summed E-state index contributed by atoms with van der Waals surface area (Å²) >= 11 is 1.55. The highest BCUT2D eigenvalue weighted by atomic mass is 32.2. The number of carbonyl (C=O) groups is 1. The van der Waals surface area contributed by atoms with Crippen molar-refractivity contribution >= 4 is 23.6 Å². The van der Waals surface area contributed by atoms with Gasteiger partial charge in [0, 0.05) is 37.2 Å². The molecule has 0 unspecified atom stereocenters. The summed E-state index contributed by atoms with van der Waals surface area (Å²) in [6.07, 6.45) is 6.10. The molecule has 3 saturated heterocycles. The highest BCUT2D eigenvalue weighted by molar-refractivity contribution is 7.99. The summed E-state index contributed by atoms with van der Waals surface area (Å²) < 4.78 is 11.6. The van der Waals surface area contributed by atoms with Gasteiger partial charge in [0.1, 0.15) is 0 Å². The van der Waals surface area contributed by atoms with E-state index < -0.39 is 0 Å². The van der Waals surface area contributed by atoms with Crippen LogP contribution in [-0.4, -0.2) is 66.3 Å². The predicted octanol–water partition coefficient (Wildman–Crippen LogP) is 0.948. The van der Waals surface area contributed by atoms with Crippen LogP contribution in [0, 0.1) is 11.8 Å². The van der Waals surface area contributed by atoms with Crippen molar-refractivity contribution < 1.29 is 14.3 Å². The Morgan fingerprint density at radius 1 is 1.60 bits per heavy atom. The van der Waals surface area contributed by atoms with Crippen LogP contribution in [0.1, 0.15) is 12.8 Å². The van der Waals surface area contributed by atoms with Crippen molar-refractivity contribution in [3.8, 4) is 5.88 Å². The molecule has 0 radical (unpaired) electrons. The molecule has 2 bridgehead atoms. The van der Waals surface area contributed by atoms with Crippen LogP contribution in [-0.2, 0) is 9.53 Å². The van der Waals surface area contributed by atoms with Crippen LogP contribution in [0.4, 0.5) is 5.95 Å². The summed E-state index contributed by atoms with van der Waals surface area (Å²) in [5, 5.41) is 3.08. The molecular weight excluding hydrogens is 340 g/mol. The van der Waals surface area contributed by atoms with Gasteiger partial charge in [0.25, 0.3) is 0 Å². The lowest BCUT2D eigenvalue weighted by atomic mass is 9.73.